The fraction of sp³-hybridized carbons (Fsp3) is 0.100. The van der Waals surface area contributed by atoms with E-state index in [2.05, 4.69) is 32.8 Å². The predicted molar refractivity (Wildman–Crippen MR) is 117 cm³/mol. The SMILES string of the molecule is C=CCOc1ccc(Br)cc1/C=C1\SC(=Nc2cc(Cl)ccc2C)NC1=O. The molecule has 0 atom stereocenters. The lowest BCUT2D eigenvalue weighted by molar-refractivity contribution is -0.115. The molecule has 1 heterocycles. The van der Waals surface area contributed by atoms with Gasteiger partial charge >= 0.3 is 0 Å². The number of ether oxygens (including phenoxy) is 1. The highest BCUT2D eigenvalue weighted by Gasteiger charge is 2.24. The summed E-state index contributed by atoms with van der Waals surface area (Å²) >= 11 is 10.8. The number of amidine groups is 1. The Morgan fingerprint density at radius 3 is 2.93 bits per heavy atom. The van der Waals surface area contributed by atoms with Crippen LogP contribution in [0.1, 0.15) is 11.1 Å². The minimum Gasteiger partial charge on any atom is -0.489 e. The van der Waals surface area contributed by atoms with Gasteiger partial charge in [-0.05, 0) is 60.7 Å². The minimum atomic E-state index is -0.201. The average Bonchev–Trinajstić information content (AvgIpc) is 2.96. The van der Waals surface area contributed by atoms with Crippen molar-refractivity contribution in [3.63, 3.8) is 0 Å². The van der Waals surface area contributed by atoms with Gasteiger partial charge in [0.25, 0.3) is 5.91 Å². The van der Waals surface area contributed by atoms with Crippen LogP contribution >= 0.6 is 39.3 Å². The molecular weight excluding hydrogens is 448 g/mol. The number of hydrogen-bond acceptors (Lipinski definition) is 4. The van der Waals surface area contributed by atoms with E-state index < -0.39 is 0 Å². The second-order valence-electron chi connectivity index (χ2n) is 5.69. The summed E-state index contributed by atoms with van der Waals surface area (Å²) in [6.07, 6.45) is 3.46. The van der Waals surface area contributed by atoms with Gasteiger partial charge in [0.05, 0.1) is 10.6 Å². The smallest absolute Gasteiger partial charge is 0.264 e. The summed E-state index contributed by atoms with van der Waals surface area (Å²) in [6, 6.07) is 11.1. The van der Waals surface area contributed by atoms with E-state index >= 15 is 0 Å². The highest BCUT2D eigenvalue weighted by Crippen LogP contribution is 2.33. The standard InChI is InChI=1S/C20H16BrClN2O2S/c1-3-8-26-17-7-5-14(21)9-13(17)10-18-19(25)24-20(27-18)23-16-11-15(22)6-4-12(16)2/h3-7,9-11H,1,8H2,2H3,(H,23,24,25)/b18-10-. The number of carbonyl (C=O) groups is 1. The fourth-order valence-electron chi connectivity index (χ4n) is 2.35. The Hall–Kier alpha value is -2.02. The van der Waals surface area contributed by atoms with E-state index in [0.717, 1.165) is 21.3 Å². The Balaban J connectivity index is 1.90. The lowest BCUT2D eigenvalue weighted by atomic mass is 10.2. The van der Waals surface area contributed by atoms with E-state index in [1.54, 1.807) is 18.2 Å². The van der Waals surface area contributed by atoms with Gasteiger partial charge in [-0.3, -0.25) is 4.79 Å². The number of nitrogens with zero attached hydrogens (tertiary/aromatic N) is 1. The summed E-state index contributed by atoms with van der Waals surface area (Å²) in [5.74, 6) is 0.475. The van der Waals surface area contributed by atoms with Crippen LogP contribution in [0.2, 0.25) is 5.02 Å². The third-order valence-electron chi connectivity index (χ3n) is 3.66. The molecule has 1 aliphatic heterocycles. The molecule has 3 rings (SSSR count). The first-order valence-corrected chi connectivity index (χ1v) is 10.0. The Morgan fingerprint density at radius 2 is 2.15 bits per heavy atom. The minimum absolute atomic E-state index is 0.201. The van der Waals surface area contributed by atoms with Crippen LogP contribution in [0.25, 0.3) is 6.08 Å². The van der Waals surface area contributed by atoms with Crippen molar-refractivity contribution in [2.75, 3.05) is 6.61 Å². The zero-order chi connectivity index (χ0) is 19.4. The first-order valence-electron chi connectivity index (χ1n) is 8.05. The summed E-state index contributed by atoms with van der Waals surface area (Å²) in [5.41, 5.74) is 2.50. The molecule has 7 heteroatoms. The molecule has 4 nitrogen and oxygen atoms in total. The summed E-state index contributed by atoms with van der Waals surface area (Å²) in [5, 5.41) is 3.90. The highest BCUT2D eigenvalue weighted by molar-refractivity contribution is 9.10. The molecule has 138 valence electrons. The maximum Gasteiger partial charge on any atom is 0.264 e. The second kappa shape index (κ2) is 8.78. The Kier molecular flexibility index (Phi) is 6.42. The number of nitrogens with one attached hydrogen (secondary N) is 1. The van der Waals surface area contributed by atoms with Crippen LogP contribution in [-0.4, -0.2) is 17.7 Å². The van der Waals surface area contributed by atoms with Gasteiger partial charge in [0, 0.05) is 15.1 Å². The van der Waals surface area contributed by atoms with Gasteiger partial charge in [0.1, 0.15) is 12.4 Å². The number of halogens is 2. The molecule has 0 aliphatic carbocycles. The van der Waals surface area contributed by atoms with Crippen LogP contribution in [0, 0.1) is 6.92 Å². The quantitative estimate of drug-likeness (QED) is 0.446. The third kappa shape index (κ3) is 5.03. The number of amides is 1. The van der Waals surface area contributed by atoms with Gasteiger partial charge in [-0.15, -0.1) is 0 Å². The van der Waals surface area contributed by atoms with E-state index in [4.69, 9.17) is 16.3 Å². The molecule has 0 spiro atoms. The average molecular weight is 464 g/mol. The van der Waals surface area contributed by atoms with Gasteiger partial charge in [-0.1, -0.05) is 46.3 Å². The van der Waals surface area contributed by atoms with Crippen molar-refractivity contribution in [3.8, 4) is 5.75 Å². The predicted octanol–water partition coefficient (Wildman–Crippen LogP) is 5.87. The molecule has 0 bridgehead atoms. The largest absolute Gasteiger partial charge is 0.489 e. The highest BCUT2D eigenvalue weighted by atomic mass is 79.9. The summed E-state index contributed by atoms with van der Waals surface area (Å²) in [4.78, 5) is 17.4. The molecule has 0 aromatic heterocycles. The Bertz CT molecular complexity index is 972. The van der Waals surface area contributed by atoms with Gasteiger partial charge < -0.3 is 10.1 Å². The van der Waals surface area contributed by atoms with Crippen molar-refractivity contribution in [2.45, 2.75) is 6.92 Å². The monoisotopic (exact) mass is 462 g/mol. The second-order valence-corrected chi connectivity index (χ2v) is 8.08. The molecule has 0 unspecified atom stereocenters. The van der Waals surface area contributed by atoms with Crippen LogP contribution < -0.4 is 10.1 Å². The zero-order valence-electron chi connectivity index (χ0n) is 14.5. The maximum absolute atomic E-state index is 12.4. The Labute approximate surface area is 175 Å². The number of thioether (sulfide) groups is 1. The van der Waals surface area contributed by atoms with Gasteiger partial charge in [0.15, 0.2) is 5.17 Å². The lowest BCUT2D eigenvalue weighted by Gasteiger charge is -2.08. The van der Waals surface area contributed by atoms with Crippen molar-refractivity contribution < 1.29 is 9.53 Å². The topological polar surface area (TPSA) is 50.7 Å². The van der Waals surface area contributed by atoms with Crippen molar-refractivity contribution in [3.05, 3.63) is 74.6 Å². The number of aryl methyl sites for hydroxylation is 1. The van der Waals surface area contributed by atoms with Crippen LogP contribution in [0.4, 0.5) is 5.69 Å². The van der Waals surface area contributed by atoms with E-state index in [-0.39, 0.29) is 5.91 Å². The molecule has 1 amide bonds. The Morgan fingerprint density at radius 1 is 1.33 bits per heavy atom. The normalized spacial score (nSPS) is 16.6. The van der Waals surface area contributed by atoms with E-state index in [1.807, 2.05) is 37.3 Å². The molecule has 27 heavy (non-hydrogen) atoms. The van der Waals surface area contributed by atoms with Gasteiger partial charge in [-0.25, -0.2) is 4.99 Å². The number of hydrogen-bond donors (Lipinski definition) is 1. The molecule has 1 N–H and O–H groups in total. The fourth-order valence-corrected chi connectivity index (χ4v) is 3.72. The summed E-state index contributed by atoms with van der Waals surface area (Å²) < 4.78 is 6.56. The number of benzene rings is 2. The van der Waals surface area contributed by atoms with Gasteiger partial charge in [-0.2, -0.15) is 0 Å². The molecule has 0 radical (unpaired) electrons. The van der Waals surface area contributed by atoms with Crippen molar-refractivity contribution in [1.29, 1.82) is 0 Å². The number of carbonyl (C=O) groups excluding carboxylic acids is 1. The summed E-state index contributed by atoms with van der Waals surface area (Å²) in [6.45, 7) is 5.99. The first-order chi connectivity index (χ1) is 13.0. The van der Waals surface area contributed by atoms with E-state index in [9.17, 15) is 4.79 Å². The summed E-state index contributed by atoms with van der Waals surface area (Å²) in [7, 11) is 0. The molecule has 2 aromatic carbocycles. The van der Waals surface area contributed by atoms with Crippen LogP contribution in [-0.2, 0) is 4.79 Å². The van der Waals surface area contributed by atoms with Crippen LogP contribution in [0.15, 0.2) is 63.4 Å². The van der Waals surface area contributed by atoms with Crippen molar-refractivity contribution in [2.24, 2.45) is 4.99 Å². The van der Waals surface area contributed by atoms with Crippen molar-refractivity contribution >= 4 is 62.1 Å². The number of rotatable bonds is 5. The molecule has 0 saturated carbocycles. The molecule has 1 aliphatic rings. The zero-order valence-corrected chi connectivity index (χ0v) is 17.6. The van der Waals surface area contributed by atoms with Crippen molar-refractivity contribution in [1.82, 2.24) is 5.32 Å². The van der Waals surface area contributed by atoms with Gasteiger partial charge in [0.2, 0.25) is 0 Å². The van der Waals surface area contributed by atoms with Crippen LogP contribution in [0.3, 0.4) is 0 Å². The first kappa shape index (κ1) is 19.7. The lowest BCUT2D eigenvalue weighted by Crippen LogP contribution is -2.19. The molecule has 1 fully saturated rings. The van der Waals surface area contributed by atoms with Crippen LogP contribution in [0.5, 0.6) is 5.75 Å². The third-order valence-corrected chi connectivity index (χ3v) is 5.30. The molecule has 2 aromatic rings. The molecular formula is C20H16BrClN2O2S. The van der Waals surface area contributed by atoms with E-state index in [1.165, 1.54) is 11.8 Å². The maximum atomic E-state index is 12.4. The molecule has 1 saturated heterocycles. The number of aliphatic imine (C=N–C) groups is 1. The van der Waals surface area contributed by atoms with E-state index in [0.29, 0.717) is 27.5 Å².